The van der Waals surface area contributed by atoms with Crippen LogP contribution in [0.15, 0.2) is 12.2 Å². The molecule has 6 nitrogen and oxygen atoms in total. The zero-order valence-corrected chi connectivity index (χ0v) is 32.6. The molecule has 1 saturated heterocycles. The summed E-state index contributed by atoms with van der Waals surface area (Å²) < 4.78 is 16.1. The quantitative estimate of drug-likeness (QED) is 0.0302. The van der Waals surface area contributed by atoms with Crippen molar-refractivity contribution in [3.63, 3.8) is 0 Å². The number of carbonyl (C=O) groups is 2. The van der Waals surface area contributed by atoms with E-state index in [1.807, 2.05) is 0 Å². The van der Waals surface area contributed by atoms with Crippen LogP contribution >= 0.6 is 0 Å². The van der Waals surface area contributed by atoms with E-state index in [2.05, 4.69) is 32.9 Å². The smallest absolute Gasteiger partial charge is 0.305 e. The number of rotatable bonds is 37. The number of unbranched alkanes of at least 4 members (excludes halogenated alkanes) is 22. The maximum absolute atomic E-state index is 12.0. The lowest BCUT2D eigenvalue weighted by molar-refractivity contribution is -0.152. The molecular formula is C43H80O6. The first-order chi connectivity index (χ1) is 23.9. The minimum Gasteiger partial charge on any atom is -0.463 e. The second-order valence-corrected chi connectivity index (χ2v) is 15.3. The van der Waals surface area contributed by atoms with Crippen LogP contribution in [0.4, 0.5) is 0 Å². The SMILES string of the molecule is CCCCCC1OC1C/C=C\CCCCCCCC(=O)OC[C@@H](O)COC(=O)CCCCCCCCCCCCCCCCCCC(C)C. The van der Waals surface area contributed by atoms with E-state index in [0.717, 1.165) is 57.3 Å². The lowest BCUT2D eigenvalue weighted by Gasteiger charge is -2.12. The Bertz CT molecular complexity index is 780. The van der Waals surface area contributed by atoms with Crippen molar-refractivity contribution in [2.75, 3.05) is 13.2 Å². The Morgan fingerprint density at radius 2 is 1.04 bits per heavy atom. The summed E-state index contributed by atoms with van der Waals surface area (Å²) in [7, 11) is 0. The first kappa shape index (κ1) is 45.6. The lowest BCUT2D eigenvalue weighted by atomic mass is 10.0. The highest BCUT2D eigenvalue weighted by molar-refractivity contribution is 5.69. The van der Waals surface area contributed by atoms with Gasteiger partial charge in [0.25, 0.3) is 0 Å². The molecule has 0 aliphatic carbocycles. The van der Waals surface area contributed by atoms with Crippen LogP contribution in [-0.4, -0.2) is 48.6 Å². The first-order valence-electron chi connectivity index (χ1n) is 21.2. The molecule has 0 bridgehead atoms. The summed E-state index contributed by atoms with van der Waals surface area (Å²) in [6.07, 6.45) is 40.1. The van der Waals surface area contributed by atoms with Crippen LogP contribution in [0.5, 0.6) is 0 Å². The van der Waals surface area contributed by atoms with Crippen LogP contribution in [0.3, 0.4) is 0 Å². The maximum Gasteiger partial charge on any atom is 0.305 e. The third-order valence-corrected chi connectivity index (χ3v) is 9.85. The summed E-state index contributed by atoms with van der Waals surface area (Å²) in [6, 6.07) is 0. The molecule has 0 aromatic rings. The maximum atomic E-state index is 12.0. The fourth-order valence-electron chi connectivity index (χ4n) is 6.51. The Hall–Kier alpha value is -1.40. The van der Waals surface area contributed by atoms with Gasteiger partial charge in [-0.2, -0.15) is 0 Å². The van der Waals surface area contributed by atoms with Crippen LogP contribution in [0.2, 0.25) is 0 Å². The Labute approximate surface area is 303 Å². The predicted molar refractivity (Wildman–Crippen MR) is 205 cm³/mol. The van der Waals surface area contributed by atoms with Crippen molar-refractivity contribution in [3.8, 4) is 0 Å². The minimum atomic E-state index is -0.969. The molecule has 0 saturated carbocycles. The highest BCUT2D eigenvalue weighted by Crippen LogP contribution is 2.30. The molecule has 1 N–H and O–H groups in total. The van der Waals surface area contributed by atoms with Gasteiger partial charge in [-0.3, -0.25) is 9.59 Å². The van der Waals surface area contributed by atoms with E-state index in [0.29, 0.717) is 25.0 Å². The molecule has 0 spiro atoms. The Morgan fingerprint density at radius 3 is 1.51 bits per heavy atom. The first-order valence-corrected chi connectivity index (χ1v) is 21.2. The van der Waals surface area contributed by atoms with Gasteiger partial charge in [-0.25, -0.2) is 0 Å². The predicted octanol–water partition coefficient (Wildman–Crippen LogP) is 12.1. The summed E-state index contributed by atoms with van der Waals surface area (Å²) in [5, 5.41) is 10.0. The van der Waals surface area contributed by atoms with E-state index >= 15 is 0 Å². The van der Waals surface area contributed by atoms with Gasteiger partial charge in [0.05, 0.1) is 12.2 Å². The Kier molecular flexibility index (Phi) is 31.4. The van der Waals surface area contributed by atoms with Gasteiger partial charge in [-0.1, -0.05) is 174 Å². The fourth-order valence-corrected chi connectivity index (χ4v) is 6.51. The summed E-state index contributed by atoms with van der Waals surface area (Å²) >= 11 is 0. The minimum absolute atomic E-state index is 0.119. The average Bonchev–Trinajstić information content (AvgIpc) is 3.84. The van der Waals surface area contributed by atoms with Crippen molar-refractivity contribution in [1.82, 2.24) is 0 Å². The molecule has 288 valence electrons. The van der Waals surface area contributed by atoms with Gasteiger partial charge in [-0.15, -0.1) is 0 Å². The van der Waals surface area contributed by atoms with Crippen molar-refractivity contribution in [2.45, 2.75) is 232 Å². The number of hydrogen-bond donors (Lipinski definition) is 1. The third-order valence-electron chi connectivity index (χ3n) is 9.85. The molecule has 0 aromatic heterocycles. The number of aliphatic hydroxyl groups is 1. The number of allylic oxidation sites excluding steroid dienone is 1. The van der Waals surface area contributed by atoms with Crippen LogP contribution < -0.4 is 0 Å². The molecule has 1 fully saturated rings. The standard InChI is InChI=1S/C43H80O6/c1-4-5-26-32-40-41(49-40)33-28-23-19-16-17-21-25-30-35-43(46)48-37-39(44)36-47-42(45)34-29-24-20-15-13-11-9-7-6-8-10-12-14-18-22-27-31-38(2)3/h23,28,38-41,44H,4-22,24-27,29-37H2,1-3H3/b28-23-/t39-,40?,41?/m0/s1. The zero-order valence-electron chi connectivity index (χ0n) is 32.6. The Morgan fingerprint density at radius 1 is 0.592 bits per heavy atom. The van der Waals surface area contributed by atoms with Crippen LogP contribution in [0.25, 0.3) is 0 Å². The summed E-state index contributed by atoms with van der Waals surface area (Å²) in [5.41, 5.74) is 0. The molecule has 2 unspecified atom stereocenters. The van der Waals surface area contributed by atoms with Crippen molar-refractivity contribution >= 4 is 11.9 Å². The van der Waals surface area contributed by atoms with Crippen LogP contribution in [0, 0.1) is 5.92 Å². The van der Waals surface area contributed by atoms with Gasteiger partial charge >= 0.3 is 11.9 Å². The number of epoxide rings is 1. The van der Waals surface area contributed by atoms with Gasteiger partial charge in [0, 0.05) is 12.8 Å². The van der Waals surface area contributed by atoms with Crippen molar-refractivity contribution in [2.24, 2.45) is 5.92 Å². The van der Waals surface area contributed by atoms with E-state index in [1.165, 1.54) is 128 Å². The molecule has 0 aromatic carbocycles. The fraction of sp³-hybridized carbons (Fsp3) is 0.907. The second-order valence-electron chi connectivity index (χ2n) is 15.3. The van der Waals surface area contributed by atoms with Crippen LogP contribution in [0.1, 0.15) is 213 Å². The molecule has 49 heavy (non-hydrogen) atoms. The van der Waals surface area contributed by atoms with E-state index in [4.69, 9.17) is 14.2 Å². The molecule has 0 amide bonds. The lowest BCUT2D eigenvalue weighted by Crippen LogP contribution is -2.25. The topological polar surface area (TPSA) is 85.4 Å². The monoisotopic (exact) mass is 693 g/mol. The van der Waals surface area contributed by atoms with Gasteiger partial charge in [0.2, 0.25) is 0 Å². The largest absolute Gasteiger partial charge is 0.463 e. The third kappa shape index (κ3) is 32.3. The van der Waals surface area contributed by atoms with Crippen molar-refractivity contribution < 1.29 is 28.9 Å². The molecule has 1 heterocycles. The highest BCUT2D eigenvalue weighted by atomic mass is 16.6. The number of carbonyl (C=O) groups excluding carboxylic acids is 2. The summed E-state index contributed by atoms with van der Waals surface area (Å²) in [6.45, 7) is 6.64. The molecule has 3 atom stereocenters. The molecule has 1 aliphatic heterocycles. The van der Waals surface area contributed by atoms with Gasteiger partial charge in [0.15, 0.2) is 0 Å². The van der Waals surface area contributed by atoms with Gasteiger partial charge < -0.3 is 19.3 Å². The van der Waals surface area contributed by atoms with E-state index in [1.54, 1.807) is 0 Å². The van der Waals surface area contributed by atoms with E-state index in [9.17, 15) is 14.7 Å². The molecule has 1 aliphatic rings. The normalized spacial score (nSPS) is 16.4. The molecule has 1 rings (SSSR count). The number of aliphatic hydroxyl groups excluding tert-OH is 1. The van der Waals surface area contributed by atoms with Gasteiger partial charge in [0.1, 0.15) is 19.3 Å². The van der Waals surface area contributed by atoms with E-state index in [-0.39, 0.29) is 25.2 Å². The zero-order chi connectivity index (χ0) is 35.6. The summed E-state index contributed by atoms with van der Waals surface area (Å²) in [4.78, 5) is 24.0. The van der Waals surface area contributed by atoms with E-state index < -0.39 is 6.10 Å². The van der Waals surface area contributed by atoms with Gasteiger partial charge in [-0.05, 0) is 44.4 Å². The number of hydrogen-bond acceptors (Lipinski definition) is 6. The number of esters is 2. The molecular weight excluding hydrogens is 612 g/mol. The van der Waals surface area contributed by atoms with Crippen molar-refractivity contribution in [3.05, 3.63) is 12.2 Å². The van der Waals surface area contributed by atoms with Crippen LogP contribution in [-0.2, 0) is 23.8 Å². The Balaban J connectivity index is 1.78. The average molecular weight is 693 g/mol. The highest BCUT2D eigenvalue weighted by Gasteiger charge is 2.36. The molecule has 0 radical (unpaired) electrons. The van der Waals surface area contributed by atoms with Crippen molar-refractivity contribution in [1.29, 1.82) is 0 Å². The second kappa shape index (κ2) is 33.7. The number of ether oxygens (including phenoxy) is 3. The summed E-state index contributed by atoms with van der Waals surface area (Å²) in [5.74, 6) is 0.281. The molecule has 6 heteroatoms.